The van der Waals surface area contributed by atoms with Crippen LogP contribution in [0.1, 0.15) is 16.0 Å². The van der Waals surface area contributed by atoms with Crippen LogP contribution in [0, 0.1) is 13.8 Å². The summed E-state index contributed by atoms with van der Waals surface area (Å²) < 4.78 is 0. The highest BCUT2D eigenvalue weighted by Crippen LogP contribution is 2.21. The van der Waals surface area contributed by atoms with Gasteiger partial charge in [0.25, 0.3) is 0 Å². The quantitative estimate of drug-likeness (QED) is 0.626. The number of thioether (sulfide) groups is 1. The molecule has 18 heavy (non-hydrogen) atoms. The van der Waals surface area contributed by atoms with Gasteiger partial charge in [-0.05, 0) is 42.5 Å². The molecule has 0 saturated carbocycles. The van der Waals surface area contributed by atoms with Crippen LogP contribution in [0.2, 0.25) is 0 Å². The Morgan fingerprint density at radius 1 is 1.11 bits per heavy atom. The van der Waals surface area contributed by atoms with Crippen molar-refractivity contribution in [2.24, 2.45) is 0 Å². The fourth-order valence-electron chi connectivity index (χ4n) is 1.74. The van der Waals surface area contributed by atoms with Gasteiger partial charge in [-0.1, -0.05) is 18.2 Å². The second-order valence-electron chi connectivity index (χ2n) is 4.32. The summed E-state index contributed by atoms with van der Waals surface area (Å²) in [6.45, 7) is 6.40. The summed E-state index contributed by atoms with van der Waals surface area (Å²) in [7, 11) is 0. The van der Waals surface area contributed by atoms with Crippen molar-refractivity contribution in [3.63, 3.8) is 0 Å². The van der Waals surface area contributed by atoms with Crippen LogP contribution in [0.4, 0.5) is 0 Å². The van der Waals surface area contributed by atoms with Crippen molar-refractivity contribution in [1.29, 1.82) is 0 Å². The van der Waals surface area contributed by atoms with Gasteiger partial charge in [0.15, 0.2) is 0 Å². The predicted octanol–water partition coefficient (Wildman–Crippen LogP) is 4.25. The maximum Gasteiger partial charge on any atom is 0.0302 e. The highest BCUT2D eigenvalue weighted by molar-refractivity contribution is 7.99. The minimum absolute atomic E-state index is 0.998. The zero-order valence-corrected chi connectivity index (χ0v) is 12.5. The first-order valence-electron chi connectivity index (χ1n) is 6.19. The van der Waals surface area contributed by atoms with Crippen LogP contribution >= 0.6 is 23.1 Å². The van der Waals surface area contributed by atoms with E-state index in [0.717, 1.165) is 18.8 Å². The number of thiophene rings is 1. The Morgan fingerprint density at radius 2 is 1.94 bits per heavy atom. The van der Waals surface area contributed by atoms with Gasteiger partial charge in [0.05, 0.1) is 0 Å². The van der Waals surface area contributed by atoms with Gasteiger partial charge >= 0.3 is 0 Å². The lowest BCUT2D eigenvalue weighted by Gasteiger charge is -2.06. The number of benzene rings is 1. The lowest BCUT2D eigenvalue weighted by atomic mass is 10.2. The Morgan fingerprint density at radius 3 is 2.67 bits per heavy atom. The van der Waals surface area contributed by atoms with E-state index >= 15 is 0 Å². The molecule has 0 fully saturated rings. The Kier molecular flexibility index (Phi) is 5.29. The number of nitrogens with one attached hydrogen (secondary N) is 1. The fourth-order valence-corrected chi connectivity index (χ4v) is 3.55. The molecule has 0 aliphatic heterocycles. The summed E-state index contributed by atoms with van der Waals surface area (Å²) in [5, 5.41) is 5.67. The van der Waals surface area contributed by atoms with E-state index < -0.39 is 0 Å². The molecule has 0 bridgehead atoms. The molecule has 0 amide bonds. The third-order valence-electron chi connectivity index (χ3n) is 2.88. The van der Waals surface area contributed by atoms with E-state index in [9.17, 15) is 0 Å². The molecule has 1 nitrogen and oxygen atoms in total. The summed E-state index contributed by atoms with van der Waals surface area (Å²) in [6.07, 6.45) is 0. The SMILES string of the molecule is Cc1ccccc1SCCNCc1sccc1C. The average molecular weight is 277 g/mol. The fraction of sp³-hybridized carbons (Fsp3) is 0.333. The topological polar surface area (TPSA) is 12.0 Å². The minimum Gasteiger partial charge on any atom is -0.311 e. The van der Waals surface area contributed by atoms with Crippen LogP contribution in [0.15, 0.2) is 40.6 Å². The van der Waals surface area contributed by atoms with Crippen LogP contribution in [-0.2, 0) is 6.54 Å². The maximum atomic E-state index is 3.51. The van der Waals surface area contributed by atoms with Crippen LogP contribution in [0.25, 0.3) is 0 Å². The van der Waals surface area contributed by atoms with Gasteiger partial charge < -0.3 is 5.32 Å². The van der Waals surface area contributed by atoms with Gasteiger partial charge in [-0.2, -0.15) is 0 Å². The van der Waals surface area contributed by atoms with E-state index in [4.69, 9.17) is 0 Å². The lowest BCUT2D eigenvalue weighted by molar-refractivity contribution is 0.738. The second kappa shape index (κ2) is 6.98. The van der Waals surface area contributed by atoms with Gasteiger partial charge in [0.2, 0.25) is 0 Å². The van der Waals surface area contributed by atoms with Crippen molar-refractivity contribution >= 4 is 23.1 Å². The van der Waals surface area contributed by atoms with E-state index in [0.29, 0.717) is 0 Å². The van der Waals surface area contributed by atoms with E-state index in [1.165, 1.54) is 20.9 Å². The van der Waals surface area contributed by atoms with Crippen molar-refractivity contribution in [1.82, 2.24) is 5.32 Å². The average Bonchev–Trinajstić information content (AvgIpc) is 2.77. The summed E-state index contributed by atoms with van der Waals surface area (Å²) >= 11 is 3.77. The molecule has 1 heterocycles. The molecular weight excluding hydrogens is 258 g/mol. The normalized spacial score (nSPS) is 10.8. The van der Waals surface area contributed by atoms with E-state index in [1.807, 2.05) is 23.1 Å². The molecule has 0 aliphatic rings. The van der Waals surface area contributed by atoms with E-state index in [2.05, 4.69) is 54.9 Å². The number of hydrogen-bond donors (Lipinski definition) is 1. The molecule has 0 aliphatic carbocycles. The molecule has 0 saturated heterocycles. The van der Waals surface area contributed by atoms with Crippen molar-refractivity contribution < 1.29 is 0 Å². The van der Waals surface area contributed by atoms with Gasteiger partial charge in [0, 0.05) is 28.6 Å². The number of hydrogen-bond acceptors (Lipinski definition) is 3. The monoisotopic (exact) mass is 277 g/mol. The van der Waals surface area contributed by atoms with Crippen LogP contribution in [0.3, 0.4) is 0 Å². The van der Waals surface area contributed by atoms with Crippen LogP contribution in [-0.4, -0.2) is 12.3 Å². The zero-order valence-electron chi connectivity index (χ0n) is 10.9. The van der Waals surface area contributed by atoms with E-state index in [1.54, 1.807) is 0 Å². The third kappa shape index (κ3) is 3.87. The molecule has 0 unspecified atom stereocenters. The molecule has 1 aromatic carbocycles. The van der Waals surface area contributed by atoms with Crippen molar-refractivity contribution in [2.45, 2.75) is 25.3 Å². The largest absolute Gasteiger partial charge is 0.311 e. The molecule has 0 radical (unpaired) electrons. The van der Waals surface area contributed by atoms with E-state index in [-0.39, 0.29) is 0 Å². The minimum atomic E-state index is 0.998. The molecular formula is C15H19NS2. The Bertz CT molecular complexity index is 491. The molecule has 2 rings (SSSR count). The predicted molar refractivity (Wildman–Crippen MR) is 82.7 cm³/mol. The second-order valence-corrected chi connectivity index (χ2v) is 6.45. The van der Waals surface area contributed by atoms with Gasteiger partial charge in [0.1, 0.15) is 0 Å². The van der Waals surface area contributed by atoms with Gasteiger partial charge in [-0.3, -0.25) is 0 Å². The molecule has 1 aromatic heterocycles. The summed E-state index contributed by atoms with van der Waals surface area (Å²) in [5.41, 5.74) is 2.77. The first kappa shape index (κ1) is 13.7. The lowest BCUT2D eigenvalue weighted by Crippen LogP contribution is -2.16. The first-order valence-corrected chi connectivity index (χ1v) is 8.06. The smallest absolute Gasteiger partial charge is 0.0302 e. The van der Waals surface area contributed by atoms with Gasteiger partial charge in [-0.25, -0.2) is 0 Å². The summed E-state index contributed by atoms with van der Waals surface area (Å²) in [6, 6.07) is 10.8. The maximum absolute atomic E-state index is 3.51. The Hall–Kier alpha value is -0.770. The molecule has 96 valence electrons. The van der Waals surface area contributed by atoms with Crippen molar-refractivity contribution in [3.05, 3.63) is 51.7 Å². The number of rotatable bonds is 6. The zero-order chi connectivity index (χ0) is 12.8. The molecule has 0 atom stereocenters. The molecule has 1 N–H and O–H groups in total. The Labute approximate surface area is 118 Å². The first-order chi connectivity index (χ1) is 8.77. The standard InChI is InChI=1S/C15H19NS2/c1-12-5-3-4-6-14(12)18-10-8-16-11-15-13(2)7-9-17-15/h3-7,9,16H,8,10-11H2,1-2H3. The number of aryl methyl sites for hydroxylation is 2. The van der Waals surface area contributed by atoms with Crippen LogP contribution < -0.4 is 5.32 Å². The van der Waals surface area contributed by atoms with Crippen molar-refractivity contribution in [2.75, 3.05) is 12.3 Å². The third-order valence-corrected chi connectivity index (χ3v) is 5.08. The van der Waals surface area contributed by atoms with Crippen LogP contribution in [0.5, 0.6) is 0 Å². The molecule has 3 heteroatoms. The van der Waals surface area contributed by atoms with Gasteiger partial charge in [-0.15, -0.1) is 23.1 Å². The molecule has 2 aromatic rings. The highest BCUT2D eigenvalue weighted by atomic mass is 32.2. The highest BCUT2D eigenvalue weighted by Gasteiger charge is 2.00. The van der Waals surface area contributed by atoms with Crippen molar-refractivity contribution in [3.8, 4) is 0 Å². The molecule has 0 spiro atoms. The summed E-state index contributed by atoms with van der Waals surface area (Å²) in [5.74, 6) is 1.12. The Balaban J connectivity index is 1.68. The summed E-state index contributed by atoms with van der Waals surface area (Å²) in [4.78, 5) is 2.85.